The van der Waals surface area contributed by atoms with Gasteiger partial charge in [0.25, 0.3) is 11.2 Å². The van der Waals surface area contributed by atoms with E-state index in [1.54, 1.807) is 15.9 Å². The van der Waals surface area contributed by atoms with Gasteiger partial charge in [-0.15, -0.1) is 11.3 Å². The first kappa shape index (κ1) is 21.4. The number of nitrogens with zero attached hydrogens (tertiary/aromatic N) is 3. The second kappa shape index (κ2) is 8.75. The van der Waals surface area contributed by atoms with Gasteiger partial charge < -0.3 is 5.32 Å². The molecule has 1 aromatic carbocycles. The number of nitro benzene ring substituents is 1. The molecule has 162 valence electrons. The first-order chi connectivity index (χ1) is 14.9. The molecule has 0 radical (unpaired) electrons. The highest BCUT2D eigenvalue weighted by atomic mass is 32.2. The number of nitro groups is 1. The van der Waals surface area contributed by atoms with Gasteiger partial charge in [0.05, 0.1) is 22.1 Å². The number of rotatable bonds is 6. The van der Waals surface area contributed by atoms with Crippen LogP contribution < -0.4 is 10.9 Å². The van der Waals surface area contributed by atoms with Crippen molar-refractivity contribution in [1.29, 1.82) is 0 Å². The van der Waals surface area contributed by atoms with Crippen LogP contribution in [-0.2, 0) is 24.2 Å². The Morgan fingerprint density at radius 3 is 2.90 bits per heavy atom. The van der Waals surface area contributed by atoms with Crippen LogP contribution in [0.5, 0.6) is 0 Å². The molecular weight excluding hydrogens is 443 g/mol. The first-order valence-electron chi connectivity index (χ1n) is 9.80. The number of carbonyl (C=O) groups excluding carboxylic acids is 1. The number of carbonyl (C=O) groups is 1. The molecule has 0 aliphatic heterocycles. The predicted octanol–water partition coefficient (Wildman–Crippen LogP) is 4.13. The Labute approximate surface area is 184 Å². The fourth-order valence-corrected chi connectivity index (χ4v) is 5.85. The summed E-state index contributed by atoms with van der Waals surface area (Å²) < 4.78 is 14.8. The highest BCUT2D eigenvalue weighted by Gasteiger charge is 2.22. The molecule has 0 unspecified atom stereocenters. The Morgan fingerprint density at radius 1 is 1.39 bits per heavy atom. The third-order valence-corrected chi connectivity index (χ3v) is 7.28. The third kappa shape index (κ3) is 4.19. The van der Waals surface area contributed by atoms with Crippen LogP contribution in [0, 0.1) is 15.9 Å². The van der Waals surface area contributed by atoms with E-state index in [0.29, 0.717) is 21.9 Å². The summed E-state index contributed by atoms with van der Waals surface area (Å²) >= 11 is 2.64. The molecule has 1 amide bonds. The topological polar surface area (TPSA) is 107 Å². The van der Waals surface area contributed by atoms with Gasteiger partial charge in [0.15, 0.2) is 5.16 Å². The van der Waals surface area contributed by atoms with Gasteiger partial charge in [0, 0.05) is 11.4 Å². The molecule has 4 rings (SSSR count). The molecule has 2 heterocycles. The molecule has 0 bridgehead atoms. The summed E-state index contributed by atoms with van der Waals surface area (Å²) in [4.78, 5) is 42.4. The van der Waals surface area contributed by atoms with Gasteiger partial charge in [-0.3, -0.25) is 24.3 Å². The maximum absolute atomic E-state index is 13.3. The SMILES string of the molecule is CCn1c(SCC(=O)Nc2ccc(F)cc2[N+](=O)[O-])nc2sc3c(c2c1=O)CCCC3. The average Bonchev–Trinajstić information content (AvgIpc) is 3.12. The summed E-state index contributed by atoms with van der Waals surface area (Å²) in [5.74, 6) is -1.37. The lowest BCUT2D eigenvalue weighted by atomic mass is 9.97. The van der Waals surface area contributed by atoms with Crippen LogP contribution in [-0.4, -0.2) is 26.1 Å². The van der Waals surface area contributed by atoms with Crippen molar-refractivity contribution in [3.8, 4) is 0 Å². The number of hydrogen-bond acceptors (Lipinski definition) is 7. The number of aryl methyl sites for hydroxylation is 2. The zero-order valence-electron chi connectivity index (χ0n) is 16.6. The largest absolute Gasteiger partial charge is 0.320 e. The molecule has 0 saturated carbocycles. The molecule has 0 fully saturated rings. The summed E-state index contributed by atoms with van der Waals surface area (Å²) in [7, 11) is 0. The normalized spacial score (nSPS) is 13.2. The third-order valence-electron chi connectivity index (χ3n) is 5.12. The van der Waals surface area contributed by atoms with E-state index >= 15 is 0 Å². The maximum atomic E-state index is 13.3. The molecular formula is C20H19FN4O4S2. The minimum Gasteiger partial charge on any atom is -0.320 e. The van der Waals surface area contributed by atoms with E-state index < -0.39 is 22.3 Å². The van der Waals surface area contributed by atoms with E-state index in [9.17, 15) is 24.1 Å². The quantitative estimate of drug-likeness (QED) is 0.255. The van der Waals surface area contributed by atoms with Gasteiger partial charge in [-0.2, -0.15) is 0 Å². The van der Waals surface area contributed by atoms with Crippen molar-refractivity contribution in [2.75, 3.05) is 11.1 Å². The highest BCUT2D eigenvalue weighted by molar-refractivity contribution is 7.99. The van der Waals surface area contributed by atoms with E-state index in [1.165, 1.54) is 4.88 Å². The van der Waals surface area contributed by atoms with Crippen LogP contribution in [0.25, 0.3) is 10.2 Å². The molecule has 1 aliphatic carbocycles. The molecule has 3 aromatic rings. The minimum absolute atomic E-state index is 0.0841. The van der Waals surface area contributed by atoms with Gasteiger partial charge in [0.1, 0.15) is 16.3 Å². The molecule has 2 aromatic heterocycles. The number of thiophene rings is 1. The lowest BCUT2D eigenvalue weighted by Gasteiger charge is -2.12. The molecule has 0 spiro atoms. The molecule has 31 heavy (non-hydrogen) atoms. The van der Waals surface area contributed by atoms with Gasteiger partial charge in [-0.05, 0) is 50.3 Å². The van der Waals surface area contributed by atoms with E-state index in [0.717, 1.165) is 61.2 Å². The number of amides is 1. The number of aromatic nitrogens is 2. The number of nitrogens with one attached hydrogen (secondary N) is 1. The molecule has 1 N–H and O–H groups in total. The molecule has 8 nitrogen and oxygen atoms in total. The number of anilines is 1. The Bertz CT molecular complexity index is 1250. The second-order valence-electron chi connectivity index (χ2n) is 7.09. The standard InChI is InChI=1S/C20H19FN4O4S2/c1-2-24-19(27)17-12-5-3-4-6-15(12)31-18(17)23-20(24)30-10-16(26)22-13-8-7-11(21)9-14(13)25(28)29/h7-9H,2-6,10H2,1H3,(H,22,26). The van der Waals surface area contributed by atoms with Crippen LogP contribution in [0.3, 0.4) is 0 Å². The maximum Gasteiger partial charge on any atom is 0.295 e. The zero-order chi connectivity index (χ0) is 22.1. The highest BCUT2D eigenvalue weighted by Crippen LogP contribution is 2.34. The fourth-order valence-electron chi connectivity index (χ4n) is 3.69. The van der Waals surface area contributed by atoms with Crippen LogP contribution in [0.15, 0.2) is 28.2 Å². The molecule has 0 saturated heterocycles. The van der Waals surface area contributed by atoms with Gasteiger partial charge in [0.2, 0.25) is 5.91 Å². The Balaban J connectivity index is 1.57. The van der Waals surface area contributed by atoms with Crippen LogP contribution >= 0.6 is 23.1 Å². The zero-order valence-corrected chi connectivity index (χ0v) is 18.3. The lowest BCUT2D eigenvalue weighted by molar-refractivity contribution is -0.384. The van der Waals surface area contributed by atoms with Crippen molar-refractivity contribution in [3.05, 3.63) is 54.9 Å². The number of benzene rings is 1. The second-order valence-corrected chi connectivity index (χ2v) is 9.12. The molecule has 1 aliphatic rings. The Morgan fingerprint density at radius 2 is 2.16 bits per heavy atom. The minimum atomic E-state index is -0.762. The van der Waals surface area contributed by atoms with Crippen molar-refractivity contribution < 1.29 is 14.1 Å². The van der Waals surface area contributed by atoms with Crippen molar-refractivity contribution in [3.63, 3.8) is 0 Å². The smallest absolute Gasteiger partial charge is 0.295 e. The van der Waals surface area contributed by atoms with Gasteiger partial charge in [-0.25, -0.2) is 9.37 Å². The summed E-state index contributed by atoms with van der Waals surface area (Å²) in [6.45, 7) is 2.26. The van der Waals surface area contributed by atoms with Crippen LogP contribution in [0.4, 0.5) is 15.8 Å². The predicted molar refractivity (Wildman–Crippen MR) is 119 cm³/mol. The van der Waals surface area contributed by atoms with Crippen molar-refractivity contribution in [1.82, 2.24) is 9.55 Å². The van der Waals surface area contributed by atoms with E-state index in [-0.39, 0.29) is 17.0 Å². The fraction of sp³-hybridized carbons (Fsp3) is 0.350. The van der Waals surface area contributed by atoms with E-state index in [2.05, 4.69) is 10.3 Å². The van der Waals surface area contributed by atoms with Crippen molar-refractivity contribution >= 4 is 50.6 Å². The average molecular weight is 463 g/mol. The van der Waals surface area contributed by atoms with Gasteiger partial charge >= 0.3 is 0 Å². The lowest BCUT2D eigenvalue weighted by Crippen LogP contribution is -2.24. The number of thioether (sulfide) groups is 1. The number of halogens is 1. The van der Waals surface area contributed by atoms with Crippen LogP contribution in [0.2, 0.25) is 0 Å². The molecule has 0 atom stereocenters. The van der Waals surface area contributed by atoms with E-state index in [1.807, 2.05) is 6.92 Å². The van der Waals surface area contributed by atoms with Crippen molar-refractivity contribution in [2.45, 2.75) is 44.3 Å². The Hall–Kier alpha value is -2.79. The molecule has 11 heteroatoms. The first-order valence-corrected chi connectivity index (χ1v) is 11.6. The van der Waals surface area contributed by atoms with Crippen molar-refractivity contribution in [2.24, 2.45) is 0 Å². The summed E-state index contributed by atoms with van der Waals surface area (Å²) in [6, 6.07) is 2.95. The number of fused-ring (bicyclic) bond motifs is 3. The Kier molecular flexibility index (Phi) is 6.05. The summed E-state index contributed by atoms with van der Waals surface area (Å²) in [5, 5.41) is 14.7. The number of hydrogen-bond donors (Lipinski definition) is 1. The van der Waals surface area contributed by atoms with Gasteiger partial charge in [-0.1, -0.05) is 11.8 Å². The monoisotopic (exact) mass is 462 g/mol. The summed E-state index contributed by atoms with van der Waals surface area (Å²) in [6.07, 6.45) is 4.03. The van der Waals surface area contributed by atoms with Crippen LogP contribution in [0.1, 0.15) is 30.2 Å². The summed E-state index contributed by atoms with van der Waals surface area (Å²) in [5.41, 5.74) is 0.416. The van der Waals surface area contributed by atoms with E-state index in [4.69, 9.17) is 0 Å².